The van der Waals surface area contributed by atoms with E-state index in [1.165, 1.54) is 18.2 Å². The zero-order valence-corrected chi connectivity index (χ0v) is 9.49. The van der Waals surface area contributed by atoms with Gasteiger partial charge in [0.25, 0.3) is 0 Å². The monoisotopic (exact) mass is 248 g/mol. The largest absolute Gasteiger partial charge is 0.489 e. The van der Waals surface area contributed by atoms with Gasteiger partial charge in [0.05, 0.1) is 0 Å². The molecule has 0 aliphatic heterocycles. The van der Waals surface area contributed by atoms with Crippen molar-refractivity contribution in [2.24, 2.45) is 0 Å². The first-order chi connectivity index (χ1) is 9.10. The van der Waals surface area contributed by atoms with Crippen molar-refractivity contribution in [1.29, 1.82) is 21.0 Å². The highest BCUT2D eigenvalue weighted by Crippen LogP contribution is 1.88. The van der Waals surface area contributed by atoms with Crippen LogP contribution in [0.5, 0.6) is 0 Å². The molecule has 0 aliphatic carbocycles. The minimum atomic E-state index is -1.93. The van der Waals surface area contributed by atoms with Crippen molar-refractivity contribution in [3.8, 4) is 24.3 Å². The average Bonchev–Trinajstić information content (AvgIpc) is 2.42. The van der Waals surface area contributed by atoms with Gasteiger partial charge in [0.2, 0.25) is 0 Å². The molecule has 0 aromatic heterocycles. The second kappa shape index (κ2) is 6.01. The molecule has 6 nitrogen and oxygen atoms in total. The van der Waals surface area contributed by atoms with E-state index in [1.807, 2.05) is 0 Å². The van der Waals surface area contributed by atoms with Crippen LogP contribution in [0.15, 0.2) is 18.2 Å². The summed E-state index contributed by atoms with van der Waals surface area (Å²) in [6.45, 7) is 0. The molecule has 0 saturated heterocycles. The molecule has 19 heavy (non-hydrogen) atoms. The number of hydrogen-bond acceptors (Lipinski definition) is 6. The van der Waals surface area contributed by atoms with E-state index in [1.54, 1.807) is 24.3 Å². The predicted octanol–water partition coefficient (Wildman–Crippen LogP) is -2.24. The Kier molecular flexibility index (Phi) is 4.42. The summed E-state index contributed by atoms with van der Waals surface area (Å²) in [6, 6.07) is 10.5. The molecule has 0 heterocycles. The van der Waals surface area contributed by atoms with Gasteiger partial charge in [-0.15, -0.1) is 0 Å². The van der Waals surface area contributed by atoms with E-state index in [2.05, 4.69) is 0 Å². The molecular weight excluding hydrogens is 243 g/mol. The minimum Gasteiger partial charge on any atom is -0.423 e. The molecule has 0 unspecified atom stereocenters. The van der Waals surface area contributed by atoms with Gasteiger partial charge < -0.3 is 10.0 Å². The smallest absolute Gasteiger partial charge is 0.423 e. The summed E-state index contributed by atoms with van der Waals surface area (Å²) in [4.78, 5) is 0. The highest BCUT2D eigenvalue weighted by atomic mass is 16.4. The number of hydrogen-bond donors (Lipinski definition) is 2. The summed E-state index contributed by atoms with van der Waals surface area (Å²) in [5.41, 5.74) is -0.833. The van der Waals surface area contributed by atoms with Crippen LogP contribution in [0.4, 0.5) is 0 Å². The van der Waals surface area contributed by atoms with Crippen molar-refractivity contribution in [1.82, 2.24) is 0 Å². The standard InChI is InChI=1S/C12H5BN4O2/c14-4-8(5-15)10-2-1-3-11(13(18)19)12(10)9(6-16)7-17/h1-3,18-19H. The molecule has 7 heteroatoms. The second-order valence-corrected chi connectivity index (χ2v) is 3.34. The van der Waals surface area contributed by atoms with Crippen molar-refractivity contribution in [3.05, 3.63) is 28.6 Å². The van der Waals surface area contributed by atoms with Gasteiger partial charge in [-0.2, -0.15) is 21.0 Å². The van der Waals surface area contributed by atoms with Crippen LogP contribution in [0.25, 0.3) is 11.1 Å². The first-order valence-electron chi connectivity index (χ1n) is 4.94. The van der Waals surface area contributed by atoms with E-state index in [0.717, 1.165) is 0 Å². The van der Waals surface area contributed by atoms with E-state index >= 15 is 0 Å². The van der Waals surface area contributed by atoms with Gasteiger partial charge in [-0.1, -0.05) is 18.2 Å². The molecule has 0 fully saturated rings. The highest BCUT2D eigenvalue weighted by Gasteiger charge is 2.16. The number of nitriles is 4. The molecule has 0 atom stereocenters. The van der Waals surface area contributed by atoms with Gasteiger partial charge in [0.1, 0.15) is 35.4 Å². The summed E-state index contributed by atoms with van der Waals surface area (Å²) < 4.78 is 0. The Labute approximate surface area is 108 Å². The van der Waals surface area contributed by atoms with Gasteiger partial charge in [-0.05, 0) is 5.46 Å². The molecule has 1 aromatic carbocycles. The summed E-state index contributed by atoms with van der Waals surface area (Å²) in [7, 11) is -1.93. The van der Waals surface area contributed by atoms with Gasteiger partial charge >= 0.3 is 7.12 Å². The molecule has 0 aliphatic rings. The van der Waals surface area contributed by atoms with E-state index in [-0.39, 0.29) is 21.5 Å². The molecule has 0 spiro atoms. The molecule has 1 aromatic rings. The first kappa shape index (κ1) is 14.0. The molecule has 0 radical (unpaired) electrons. The highest BCUT2D eigenvalue weighted by molar-refractivity contribution is 6.58. The summed E-state index contributed by atoms with van der Waals surface area (Å²) in [5.74, 6) is 0. The average molecular weight is 248 g/mol. The fourth-order valence-electron chi connectivity index (χ4n) is 1.55. The van der Waals surface area contributed by atoms with Gasteiger partial charge in [0.15, 0.2) is 0 Å². The van der Waals surface area contributed by atoms with Crippen molar-refractivity contribution in [2.75, 3.05) is 0 Å². The minimum absolute atomic E-state index is 0.0219. The lowest BCUT2D eigenvalue weighted by atomic mass is 9.77. The zero-order chi connectivity index (χ0) is 14.4. The molecule has 0 saturated carbocycles. The Balaban J connectivity index is 4.24. The van der Waals surface area contributed by atoms with Crippen LogP contribution in [-0.4, -0.2) is 17.2 Å². The molecule has 2 N–H and O–H groups in total. The normalized spacial score (nSPS) is 8.32. The topological polar surface area (TPSA) is 136 Å². The van der Waals surface area contributed by atoms with Crippen LogP contribution in [0.1, 0.15) is 0 Å². The predicted molar refractivity (Wildman–Crippen MR) is 64.8 cm³/mol. The second-order valence-electron chi connectivity index (χ2n) is 3.34. The Morgan fingerprint density at radius 2 is 1.42 bits per heavy atom. The summed E-state index contributed by atoms with van der Waals surface area (Å²) in [6.07, 6.45) is 0. The van der Waals surface area contributed by atoms with Crippen LogP contribution in [0, 0.1) is 45.3 Å². The first-order valence-corrected chi connectivity index (χ1v) is 4.94. The third-order valence-corrected chi connectivity index (χ3v) is 2.34. The van der Waals surface area contributed by atoms with Crippen LogP contribution >= 0.6 is 0 Å². The maximum Gasteiger partial charge on any atom is 0.489 e. The summed E-state index contributed by atoms with van der Waals surface area (Å²) >= 11 is 0. The van der Waals surface area contributed by atoms with Crippen molar-refractivity contribution in [2.45, 2.75) is 0 Å². The van der Waals surface area contributed by atoms with Crippen molar-refractivity contribution >= 4 is 23.7 Å². The van der Waals surface area contributed by atoms with Crippen molar-refractivity contribution in [3.63, 3.8) is 0 Å². The Morgan fingerprint density at radius 1 is 0.895 bits per heavy atom. The number of benzene rings is 1. The third kappa shape index (κ3) is 2.60. The lowest BCUT2D eigenvalue weighted by Crippen LogP contribution is -2.50. The van der Waals surface area contributed by atoms with E-state index in [0.29, 0.717) is 0 Å². The quantitative estimate of drug-likeness (QED) is 0.539. The van der Waals surface area contributed by atoms with Crippen LogP contribution < -0.4 is 15.9 Å². The Hall–Kier alpha value is -3.10. The van der Waals surface area contributed by atoms with Crippen LogP contribution in [-0.2, 0) is 0 Å². The third-order valence-electron chi connectivity index (χ3n) is 2.34. The Morgan fingerprint density at radius 3 is 1.84 bits per heavy atom. The van der Waals surface area contributed by atoms with E-state index < -0.39 is 12.7 Å². The lowest BCUT2D eigenvalue weighted by Gasteiger charge is -2.02. The maximum absolute atomic E-state index is 9.24. The zero-order valence-electron chi connectivity index (χ0n) is 9.49. The van der Waals surface area contributed by atoms with Crippen LogP contribution in [0.3, 0.4) is 0 Å². The van der Waals surface area contributed by atoms with E-state index in [4.69, 9.17) is 21.0 Å². The number of rotatable bonds is 1. The fraction of sp³-hybridized carbons (Fsp3) is 0. The maximum atomic E-state index is 9.24. The molecule has 0 amide bonds. The molecule has 0 bridgehead atoms. The van der Waals surface area contributed by atoms with Gasteiger partial charge in [0, 0.05) is 10.4 Å². The van der Waals surface area contributed by atoms with E-state index in [9.17, 15) is 10.0 Å². The Bertz CT molecular complexity index is 769. The fourth-order valence-corrected chi connectivity index (χ4v) is 1.55. The lowest BCUT2D eigenvalue weighted by molar-refractivity contribution is 0.425. The van der Waals surface area contributed by atoms with Gasteiger partial charge in [-0.25, -0.2) is 0 Å². The van der Waals surface area contributed by atoms with Crippen LogP contribution in [0.2, 0.25) is 0 Å². The SMILES string of the molecule is N#CC(C#N)=c1cccc(B(O)O)c1=C(C#N)C#N. The molecular formula is C12H5BN4O2. The number of nitrogens with zero attached hydrogens (tertiary/aromatic N) is 4. The van der Waals surface area contributed by atoms with Gasteiger partial charge in [-0.3, -0.25) is 0 Å². The molecule has 88 valence electrons. The summed E-state index contributed by atoms with van der Waals surface area (Å²) in [5, 5.41) is 53.9. The van der Waals surface area contributed by atoms with Crippen molar-refractivity contribution < 1.29 is 10.0 Å². The molecule has 1 rings (SSSR count).